The lowest BCUT2D eigenvalue weighted by Gasteiger charge is -2.58. The van der Waals surface area contributed by atoms with Crippen LogP contribution in [0, 0.1) is 91.7 Å². The number of rotatable bonds is 8. The number of aliphatic carboxylic acids is 1. The fourth-order valence-corrected chi connectivity index (χ4v) is 19.0. The van der Waals surface area contributed by atoms with Gasteiger partial charge in [-0.3, -0.25) is 9.59 Å². The summed E-state index contributed by atoms with van der Waals surface area (Å²) in [5.41, 5.74) is 5.66. The van der Waals surface area contributed by atoms with E-state index in [1.165, 1.54) is 96.6 Å². The second kappa shape index (κ2) is 20.9. The van der Waals surface area contributed by atoms with Crippen LogP contribution >= 0.6 is 0 Å². The number of nitrogens with one attached hydrogen (secondary N) is 1. The molecule has 6 saturated carbocycles. The Kier molecular flexibility index (Phi) is 16.2. The summed E-state index contributed by atoms with van der Waals surface area (Å²) in [6, 6.07) is 0. The maximum Gasteiger partial charge on any atom is 0.303 e. The Bertz CT molecular complexity index is 1850. The number of nitrogens with zero attached hydrogens (tertiary/aromatic N) is 1. The zero-order valence-corrected chi connectivity index (χ0v) is 46.0. The predicted molar refractivity (Wildman–Crippen MR) is 282 cm³/mol. The van der Waals surface area contributed by atoms with Crippen LogP contribution in [0.4, 0.5) is 0 Å². The van der Waals surface area contributed by atoms with E-state index in [0.717, 1.165) is 119 Å². The SMILES string of the molecule is CC1(C)CCNCC1.C[C@H](CCC(=O)N1CCC(C)(C)CC1)[C@H]1CC[C@H]2[C@@H]3CC=C4C[C@@H](O)CC[C@]4(C)[C@H]3CC[C@]12C.C[C@H](CCC(=O)O)[C@H]1CC[C@H]2[C@@H]3CC=C4C[C@@H](O)CC[C@]4(C)[C@H]3CC[C@]12C. The Balaban J connectivity index is 0.000000163. The Morgan fingerprint density at radius 2 is 1.01 bits per heavy atom. The molecule has 69 heavy (non-hydrogen) atoms. The molecule has 7 nitrogen and oxygen atoms in total. The molecule has 2 saturated heterocycles. The number of carbonyl (C=O) groups excluding carboxylic acids is 1. The lowest BCUT2D eigenvalue weighted by molar-refractivity contribution is -0.137. The van der Waals surface area contributed by atoms with E-state index >= 15 is 0 Å². The summed E-state index contributed by atoms with van der Waals surface area (Å²) in [5, 5.41) is 32.9. The van der Waals surface area contributed by atoms with Crippen molar-refractivity contribution in [2.24, 2.45) is 91.7 Å². The average molecular weight is 958 g/mol. The Morgan fingerprint density at radius 3 is 1.43 bits per heavy atom. The quantitative estimate of drug-likeness (QED) is 0.180. The Labute approximate surface area is 422 Å². The number of amides is 1. The first-order valence-electron chi connectivity index (χ1n) is 29.5. The highest BCUT2D eigenvalue weighted by Crippen LogP contribution is 2.69. The van der Waals surface area contributed by atoms with Gasteiger partial charge >= 0.3 is 5.97 Å². The van der Waals surface area contributed by atoms with E-state index in [9.17, 15) is 19.8 Å². The second-order valence-electron chi connectivity index (χ2n) is 28.7. The van der Waals surface area contributed by atoms with E-state index in [4.69, 9.17) is 5.11 Å². The zero-order valence-electron chi connectivity index (χ0n) is 46.0. The highest BCUT2D eigenvalue weighted by molar-refractivity contribution is 5.76. The van der Waals surface area contributed by atoms with E-state index in [1.54, 1.807) is 11.1 Å². The number of hydrogen-bond acceptors (Lipinski definition) is 5. The summed E-state index contributed by atoms with van der Waals surface area (Å²) >= 11 is 0. The summed E-state index contributed by atoms with van der Waals surface area (Å²) < 4.78 is 0. The van der Waals surface area contributed by atoms with Gasteiger partial charge in [0.2, 0.25) is 5.91 Å². The maximum absolute atomic E-state index is 13.0. The predicted octanol–water partition coefficient (Wildman–Crippen LogP) is 13.8. The smallest absolute Gasteiger partial charge is 0.303 e. The van der Waals surface area contributed by atoms with Crippen LogP contribution in [-0.4, -0.2) is 70.5 Å². The first kappa shape index (κ1) is 53.6. The lowest BCUT2D eigenvalue weighted by atomic mass is 9.47. The van der Waals surface area contributed by atoms with Crippen molar-refractivity contribution in [2.45, 2.75) is 236 Å². The minimum Gasteiger partial charge on any atom is -0.481 e. The van der Waals surface area contributed by atoms with Crippen LogP contribution in [0.2, 0.25) is 0 Å². The van der Waals surface area contributed by atoms with E-state index in [-0.39, 0.29) is 12.2 Å². The van der Waals surface area contributed by atoms with Crippen molar-refractivity contribution in [3.05, 3.63) is 23.3 Å². The summed E-state index contributed by atoms with van der Waals surface area (Å²) in [6.07, 6.45) is 32.1. The molecule has 7 heteroatoms. The van der Waals surface area contributed by atoms with Crippen LogP contribution in [0.25, 0.3) is 0 Å². The van der Waals surface area contributed by atoms with Gasteiger partial charge in [-0.2, -0.15) is 0 Å². The standard InChI is InChI=1S/C31H51NO2.C24H38O3.C7H15N/c1-21(6-11-28(34)32-18-16-29(2,3)17-19-32)25-9-10-26-24-8-7-22-20-23(33)12-14-30(22,4)27(24)13-15-31(25,26)5;1-15(4-9-22(26)27)19-7-8-20-18-6-5-16-14-17(25)10-12-23(16,2)21(18)11-13-24(19,20)3;1-7(2)3-5-8-6-4-7/h7,21,23-27,33H,6,8-20H2,1-5H3;5,15,17-21,25H,4,6-14H2,1-3H3,(H,26,27);8H,3-6H2,1-2H3/t21-,23+,24+,25-,26+,27+,30+,31-;15-,17+,18+,19-,20+,21+,23+,24-;/m11./s1. The fourth-order valence-electron chi connectivity index (χ4n) is 19.0. The fraction of sp³-hybridized carbons (Fsp3) is 0.903. The summed E-state index contributed by atoms with van der Waals surface area (Å²) in [4.78, 5) is 26.2. The molecule has 16 atom stereocenters. The number of piperidine rings is 2. The van der Waals surface area contributed by atoms with Gasteiger partial charge in [-0.15, -0.1) is 0 Å². The zero-order chi connectivity index (χ0) is 49.7. The molecule has 0 aromatic heterocycles. The van der Waals surface area contributed by atoms with Gasteiger partial charge < -0.3 is 25.5 Å². The van der Waals surface area contributed by atoms with Crippen LogP contribution < -0.4 is 5.32 Å². The van der Waals surface area contributed by atoms with Crippen LogP contribution in [-0.2, 0) is 9.59 Å². The number of aliphatic hydroxyl groups is 2. The number of allylic oxidation sites excluding steroid dienone is 2. The van der Waals surface area contributed by atoms with Gasteiger partial charge in [-0.05, 0) is 246 Å². The normalized spacial score (nSPS) is 43.7. The molecule has 8 aliphatic carbocycles. The summed E-state index contributed by atoms with van der Waals surface area (Å²) in [7, 11) is 0. The molecule has 0 aromatic carbocycles. The number of carboxylic acids is 1. The Morgan fingerprint density at radius 1 is 0.580 bits per heavy atom. The lowest BCUT2D eigenvalue weighted by Crippen LogP contribution is -2.50. The summed E-state index contributed by atoms with van der Waals surface area (Å²) in [5.74, 6) is 7.26. The molecule has 0 spiro atoms. The van der Waals surface area contributed by atoms with E-state index in [2.05, 4.69) is 91.6 Å². The maximum atomic E-state index is 13.0. The number of hydrogen-bond donors (Lipinski definition) is 4. The van der Waals surface area contributed by atoms with Crippen LogP contribution in [0.15, 0.2) is 23.3 Å². The van der Waals surface area contributed by atoms with Gasteiger partial charge in [0.1, 0.15) is 0 Å². The highest BCUT2D eigenvalue weighted by Gasteiger charge is 2.61. The van der Waals surface area contributed by atoms with Gasteiger partial charge in [-0.25, -0.2) is 0 Å². The van der Waals surface area contributed by atoms with Gasteiger partial charge in [0.05, 0.1) is 12.2 Å². The molecular weight excluding hydrogens is 853 g/mol. The van der Waals surface area contributed by atoms with Crippen molar-refractivity contribution in [1.82, 2.24) is 10.2 Å². The minimum absolute atomic E-state index is 0.111. The number of carboxylic acid groups (broad SMARTS) is 1. The molecule has 2 aliphatic heterocycles. The third kappa shape index (κ3) is 10.9. The van der Waals surface area contributed by atoms with Gasteiger partial charge in [-0.1, -0.05) is 92.5 Å². The molecule has 0 aromatic rings. The molecular formula is C62H104N2O5. The van der Waals surface area contributed by atoms with Crippen molar-refractivity contribution in [3.63, 3.8) is 0 Å². The van der Waals surface area contributed by atoms with E-state index in [1.807, 2.05) is 0 Å². The Hall–Kier alpha value is -1.70. The number of fused-ring (bicyclic) bond motifs is 10. The molecule has 2 heterocycles. The van der Waals surface area contributed by atoms with Crippen LogP contribution in [0.1, 0.15) is 223 Å². The number of carbonyl (C=O) groups is 2. The minimum atomic E-state index is -0.650. The summed E-state index contributed by atoms with van der Waals surface area (Å²) in [6.45, 7) is 28.6. The highest BCUT2D eigenvalue weighted by atomic mass is 16.4. The van der Waals surface area contributed by atoms with Crippen LogP contribution in [0.3, 0.4) is 0 Å². The molecule has 4 N–H and O–H groups in total. The van der Waals surface area contributed by atoms with Crippen molar-refractivity contribution in [3.8, 4) is 0 Å². The number of likely N-dealkylation sites (tertiary alicyclic amines) is 1. The third-order valence-electron chi connectivity index (χ3n) is 23.7. The average Bonchev–Trinajstić information content (AvgIpc) is 3.85. The van der Waals surface area contributed by atoms with E-state index < -0.39 is 5.97 Å². The van der Waals surface area contributed by atoms with Gasteiger partial charge in [0.15, 0.2) is 0 Å². The van der Waals surface area contributed by atoms with Gasteiger partial charge in [0.25, 0.3) is 0 Å². The van der Waals surface area contributed by atoms with Gasteiger partial charge in [0, 0.05) is 25.9 Å². The topological polar surface area (TPSA) is 110 Å². The molecule has 10 rings (SSSR count). The van der Waals surface area contributed by atoms with Crippen molar-refractivity contribution in [1.29, 1.82) is 0 Å². The van der Waals surface area contributed by atoms with Crippen molar-refractivity contribution < 1.29 is 24.9 Å². The molecule has 0 bridgehead atoms. The first-order valence-corrected chi connectivity index (χ1v) is 29.5. The second-order valence-corrected chi connectivity index (χ2v) is 28.7. The first-order chi connectivity index (χ1) is 32.5. The van der Waals surface area contributed by atoms with Crippen LogP contribution in [0.5, 0.6) is 0 Å². The molecule has 392 valence electrons. The van der Waals surface area contributed by atoms with E-state index in [0.29, 0.717) is 62.6 Å². The number of aliphatic hydroxyl groups excluding tert-OH is 2. The van der Waals surface area contributed by atoms with Crippen molar-refractivity contribution >= 4 is 11.9 Å². The van der Waals surface area contributed by atoms with Crippen molar-refractivity contribution in [2.75, 3.05) is 26.2 Å². The molecule has 0 radical (unpaired) electrons. The molecule has 8 fully saturated rings. The molecule has 0 unspecified atom stereocenters. The largest absolute Gasteiger partial charge is 0.481 e. The third-order valence-corrected chi connectivity index (χ3v) is 23.7. The monoisotopic (exact) mass is 957 g/mol. The molecule has 10 aliphatic rings. The molecule has 1 amide bonds.